The number of halogens is 1. The molecule has 0 aliphatic carbocycles. The molecule has 1 atom stereocenters. The summed E-state index contributed by atoms with van der Waals surface area (Å²) in [4.78, 5) is 1.98. The second-order valence-corrected chi connectivity index (χ2v) is 4.93. The van der Waals surface area contributed by atoms with Crippen LogP contribution in [0.3, 0.4) is 0 Å². The summed E-state index contributed by atoms with van der Waals surface area (Å²) >= 11 is 0. The van der Waals surface area contributed by atoms with Gasteiger partial charge in [0.1, 0.15) is 17.3 Å². The smallest absolute Gasteiger partial charge is 0.135 e. The van der Waals surface area contributed by atoms with Crippen molar-refractivity contribution < 1.29 is 9.13 Å². The zero-order valence-corrected chi connectivity index (χ0v) is 11.9. The Labute approximate surface area is 118 Å². The molecule has 0 aliphatic heterocycles. The van der Waals surface area contributed by atoms with Gasteiger partial charge < -0.3 is 15.4 Å². The molecule has 0 fully saturated rings. The summed E-state index contributed by atoms with van der Waals surface area (Å²) in [6.45, 7) is 1.74. The minimum Gasteiger partial charge on any atom is -0.457 e. The van der Waals surface area contributed by atoms with Crippen LogP contribution in [0.5, 0.6) is 11.5 Å². The standard InChI is InChI=1S/C16H19FN2O/c1-11(18)16-14(17)8-5-9-15(16)20-13-7-4-6-12(10-13)19(2)3/h4-11H,18H2,1-3H3/t11-/m1/s1. The number of nitrogens with zero attached hydrogens (tertiary/aromatic N) is 1. The molecular weight excluding hydrogens is 255 g/mol. The minimum absolute atomic E-state index is 0.346. The molecule has 106 valence electrons. The fourth-order valence-electron chi connectivity index (χ4n) is 2.00. The first-order valence-electron chi connectivity index (χ1n) is 6.48. The molecule has 3 nitrogen and oxygen atoms in total. The fraction of sp³-hybridized carbons (Fsp3) is 0.250. The van der Waals surface area contributed by atoms with E-state index in [1.807, 2.05) is 43.3 Å². The topological polar surface area (TPSA) is 38.5 Å². The van der Waals surface area contributed by atoms with Gasteiger partial charge in [-0.15, -0.1) is 0 Å². The summed E-state index contributed by atoms with van der Waals surface area (Å²) < 4.78 is 19.6. The molecule has 2 N–H and O–H groups in total. The predicted molar refractivity (Wildman–Crippen MR) is 79.8 cm³/mol. The van der Waals surface area contributed by atoms with Crippen LogP contribution in [-0.2, 0) is 0 Å². The maximum Gasteiger partial charge on any atom is 0.135 e. The summed E-state index contributed by atoms with van der Waals surface area (Å²) in [6.07, 6.45) is 0. The Kier molecular flexibility index (Phi) is 4.25. The van der Waals surface area contributed by atoms with Crippen LogP contribution in [0.2, 0.25) is 0 Å². The quantitative estimate of drug-likeness (QED) is 0.923. The highest BCUT2D eigenvalue weighted by Gasteiger charge is 2.14. The second-order valence-electron chi connectivity index (χ2n) is 4.93. The summed E-state index contributed by atoms with van der Waals surface area (Å²) in [5, 5.41) is 0. The van der Waals surface area contributed by atoms with Gasteiger partial charge in [-0.2, -0.15) is 0 Å². The van der Waals surface area contributed by atoms with E-state index in [1.54, 1.807) is 19.1 Å². The van der Waals surface area contributed by atoms with E-state index in [-0.39, 0.29) is 5.82 Å². The largest absolute Gasteiger partial charge is 0.457 e. The third-order valence-corrected chi connectivity index (χ3v) is 3.03. The molecule has 0 amide bonds. The molecule has 0 spiro atoms. The van der Waals surface area contributed by atoms with Gasteiger partial charge in [0.2, 0.25) is 0 Å². The van der Waals surface area contributed by atoms with Crippen molar-refractivity contribution >= 4 is 5.69 Å². The van der Waals surface area contributed by atoms with Crippen LogP contribution in [0.25, 0.3) is 0 Å². The summed E-state index contributed by atoms with van der Waals surface area (Å²) in [7, 11) is 3.91. The van der Waals surface area contributed by atoms with Gasteiger partial charge >= 0.3 is 0 Å². The molecule has 0 saturated heterocycles. The Morgan fingerprint density at radius 3 is 2.50 bits per heavy atom. The summed E-state index contributed by atoms with van der Waals surface area (Å²) in [6, 6.07) is 11.9. The van der Waals surface area contributed by atoms with Gasteiger partial charge in [0.05, 0.1) is 0 Å². The number of rotatable bonds is 4. The number of benzene rings is 2. The highest BCUT2D eigenvalue weighted by molar-refractivity contribution is 5.51. The highest BCUT2D eigenvalue weighted by Crippen LogP contribution is 2.31. The first-order chi connectivity index (χ1) is 9.49. The van der Waals surface area contributed by atoms with Crippen LogP contribution in [-0.4, -0.2) is 14.1 Å². The molecule has 4 heteroatoms. The first-order valence-corrected chi connectivity index (χ1v) is 6.48. The van der Waals surface area contributed by atoms with E-state index < -0.39 is 6.04 Å². The van der Waals surface area contributed by atoms with Crippen LogP contribution < -0.4 is 15.4 Å². The third kappa shape index (κ3) is 3.08. The van der Waals surface area contributed by atoms with E-state index in [4.69, 9.17) is 10.5 Å². The van der Waals surface area contributed by atoms with Gasteiger partial charge in [-0.1, -0.05) is 12.1 Å². The van der Waals surface area contributed by atoms with E-state index >= 15 is 0 Å². The van der Waals surface area contributed by atoms with Gasteiger partial charge in [-0.05, 0) is 31.2 Å². The molecule has 2 aromatic carbocycles. The number of nitrogens with two attached hydrogens (primary N) is 1. The van der Waals surface area contributed by atoms with Crippen LogP contribution in [0, 0.1) is 5.82 Å². The molecule has 0 aliphatic rings. The normalized spacial score (nSPS) is 12.1. The Morgan fingerprint density at radius 2 is 1.85 bits per heavy atom. The van der Waals surface area contributed by atoms with Crippen molar-refractivity contribution in [1.29, 1.82) is 0 Å². The Morgan fingerprint density at radius 1 is 1.15 bits per heavy atom. The first kappa shape index (κ1) is 14.3. The lowest BCUT2D eigenvalue weighted by molar-refractivity contribution is 0.461. The van der Waals surface area contributed by atoms with Crippen molar-refractivity contribution in [3.05, 3.63) is 53.8 Å². The average Bonchev–Trinajstić information content (AvgIpc) is 2.38. The lowest BCUT2D eigenvalue weighted by Crippen LogP contribution is -2.10. The lowest BCUT2D eigenvalue weighted by Gasteiger charge is -2.17. The van der Waals surface area contributed by atoms with Gasteiger partial charge in [-0.25, -0.2) is 4.39 Å². The van der Waals surface area contributed by atoms with E-state index in [2.05, 4.69) is 0 Å². The summed E-state index contributed by atoms with van der Waals surface area (Å²) in [5.41, 5.74) is 7.23. The Bertz CT molecular complexity index is 597. The number of hydrogen-bond acceptors (Lipinski definition) is 3. The van der Waals surface area contributed by atoms with Gasteiger partial charge in [0.25, 0.3) is 0 Å². The van der Waals surface area contributed by atoms with E-state index in [1.165, 1.54) is 6.07 Å². The highest BCUT2D eigenvalue weighted by atomic mass is 19.1. The fourth-order valence-corrected chi connectivity index (χ4v) is 2.00. The van der Waals surface area contributed by atoms with Gasteiger partial charge in [-0.3, -0.25) is 0 Å². The number of anilines is 1. The van der Waals surface area contributed by atoms with E-state index in [0.29, 0.717) is 17.1 Å². The van der Waals surface area contributed by atoms with E-state index in [0.717, 1.165) is 5.69 Å². The Hall–Kier alpha value is -2.07. The average molecular weight is 274 g/mol. The van der Waals surface area contributed by atoms with Crippen molar-refractivity contribution in [2.75, 3.05) is 19.0 Å². The molecular formula is C16H19FN2O. The van der Waals surface area contributed by atoms with Gasteiger partial charge in [0.15, 0.2) is 0 Å². The van der Waals surface area contributed by atoms with Crippen molar-refractivity contribution in [2.45, 2.75) is 13.0 Å². The monoisotopic (exact) mass is 274 g/mol. The van der Waals surface area contributed by atoms with E-state index in [9.17, 15) is 4.39 Å². The predicted octanol–water partition coefficient (Wildman–Crippen LogP) is 3.70. The molecule has 0 unspecified atom stereocenters. The summed E-state index contributed by atoms with van der Waals surface area (Å²) in [5.74, 6) is 0.765. The van der Waals surface area contributed by atoms with Gasteiger partial charge in [0, 0.05) is 37.5 Å². The molecule has 2 rings (SSSR count). The van der Waals surface area contributed by atoms with Crippen LogP contribution in [0.4, 0.5) is 10.1 Å². The molecule has 0 bridgehead atoms. The molecule has 0 heterocycles. The van der Waals surface area contributed by atoms with Crippen LogP contribution in [0.15, 0.2) is 42.5 Å². The number of ether oxygens (including phenoxy) is 1. The molecule has 0 aromatic heterocycles. The second kappa shape index (κ2) is 5.92. The third-order valence-electron chi connectivity index (χ3n) is 3.03. The molecule has 2 aromatic rings. The molecule has 0 saturated carbocycles. The zero-order chi connectivity index (χ0) is 14.7. The lowest BCUT2D eigenvalue weighted by atomic mass is 10.1. The van der Waals surface area contributed by atoms with Crippen LogP contribution in [0.1, 0.15) is 18.5 Å². The molecule has 0 radical (unpaired) electrons. The van der Waals surface area contributed by atoms with Crippen molar-refractivity contribution in [2.24, 2.45) is 5.73 Å². The van der Waals surface area contributed by atoms with Crippen molar-refractivity contribution in [1.82, 2.24) is 0 Å². The maximum absolute atomic E-state index is 13.8. The van der Waals surface area contributed by atoms with Crippen molar-refractivity contribution in [3.8, 4) is 11.5 Å². The maximum atomic E-state index is 13.8. The van der Waals surface area contributed by atoms with Crippen molar-refractivity contribution in [3.63, 3.8) is 0 Å². The Balaban J connectivity index is 2.35. The van der Waals surface area contributed by atoms with Crippen LogP contribution >= 0.6 is 0 Å². The minimum atomic E-state index is -0.428. The SMILES string of the molecule is C[C@@H](N)c1c(F)cccc1Oc1cccc(N(C)C)c1. The molecule has 20 heavy (non-hydrogen) atoms. The zero-order valence-electron chi connectivity index (χ0n) is 11.9. The number of hydrogen-bond donors (Lipinski definition) is 1.